The van der Waals surface area contributed by atoms with Crippen LogP contribution in [0.1, 0.15) is 61.9 Å². The summed E-state index contributed by atoms with van der Waals surface area (Å²) < 4.78 is 39.4. The molecule has 1 atom stereocenters. The molecule has 0 amide bonds. The van der Waals surface area contributed by atoms with Gasteiger partial charge in [0.25, 0.3) is 0 Å². The summed E-state index contributed by atoms with van der Waals surface area (Å²) in [7, 11) is 0. The molecule has 21 heavy (non-hydrogen) atoms. The van der Waals surface area contributed by atoms with Gasteiger partial charge in [-0.15, -0.1) is 0 Å². The minimum atomic E-state index is -4.51. The third-order valence-electron chi connectivity index (χ3n) is 3.60. The van der Waals surface area contributed by atoms with E-state index >= 15 is 0 Å². The van der Waals surface area contributed by atoms with Crippen molar-refractivity contribution in [2.24, 2.45) is 5.92 Å². The van der Waals surface area contributed by atoms with Crippen molar-refractivity contribution in [1.29, 1.82) is 0 Å². The third-order valence-corrected chi connectivity index (χ3v) is 4.10. The first kappa shape index (κ1) is 18.2. The highest BCUT2D eigenvalue weighted by atomic mass is 79.9. The molecule has 1 aromatic rings. The number of unbranched alkanes of at least 4 members (excludes halogenated alkanes) is 1. The summed E-state index contributed by atoms with van der Waals surface area (Å²) in [6, 6.07) is 3.72. The Hall–Kier alpha value is -0.840. The Morgan fingerprint density at radius 2 is 1.95 bits per heavy atom. The largest absolute Gasteiger partial charge is 0.417 e. The van der Waals surface area contributed by atoms with Crippen molar-refractivity contribution < 1.29 is 18.0 Å². The van der Waals surface area contributed by atoms with Crippen molar-refractivity contribution in [2.75, 3.05) is 0 Å². The number of Topliss-reactive ketones (excluding diaryl/α,β-unsaturated/α-hetero) is 1. The molecule has 1 nitrogen and oxygen atoms in total. The number of hydrogen-bond donors (Lipinski definition) is 0. The van der Waals surface area contributed by atoms with E-state index < -0.39 is 17.5 Å². The quantitative estimate of drug-likeness (QED) is 0.522. The van der Waals surface area contributed by atoms with Gasteiger partial charge in [-0.05, 0) is 24.1 Å². The second-order valence-electron chi connectivity index (χ2n) is 5.23. The Bertz CT molecular complexity index is 483. The maximum atomic E-state index is 13.0. The summed E-state index contributed by atoms with van der Waals surface area (Å²) in [5, 5.41) is 0. The highest BCUT2D eigenvalue weighted by molar-refractivity contribution is 9.10. The molecule has 0 aliphatic heterocycles. The van der Waals surface area contributed by atoms with Gasteiger partial charge in [-0.25, -0.2) is 0 Å². The highest BCUT2D eigenvalue weighted by Gasteiger charge is 2.35. The number of halogens is 4. The summed E-state index contributed by atoms with van der Waals surface area (Å²) in [5.41, 5.74) is -1.08. The molecule has 0 spiro atoms. The van der Waals surface area contributed by atoms with Gasteiger partial charge in [-0.3, -0.25) is 4.79 Å². The van der Waals surface area contributed by atoms with E-state index in [0.717, 1.165) is 31.7 Å². The summed E-state index contributed by atoms with van der Waals surface area (Å²) in [6.45, 7) is 4.03. The molecule has 0 radical (unpaired) electrons. The Labute approximate surface area is 132 Å². The number of carbonyl (C=O) groups excluding carboxylic acids is 1. The summed E-state index contributed by atoms with van der Waals surface area (Å²) in [5.74, 6) is -0.264. The predicted octanol–water partition coefficient (Wildman–Crippen LogP) is 6.26. The maximum Gasteiger partial charge on any atom is 0.417 e. The molecule has 0 saturated heterocycles. The standard InChI is InChI=1S/C16H20BrF3O/c1-3-5-6-11(4-2)9-15(21)13-8-7-12(17)10-14(13)16(18,19)20/h7-8,10-11H,3-6,9H2,1-2H3. The summed E-state index contributed by atoms with van der Waals surface area (Å²) >= 11 is 3.03. The Balaban J connectivity index is 2.96. The molecule has 0 aromatic heterocycles. The molecule has 5 heteroatoms. The van der Waals surface area contributed by atoms with Crippen LogP contribution in [0.25, 0.3) is 0 Å². The lowest BCUT2D eigenvalue weighted by Gasteiger charge is -2.16. The van der Waals surface area contributed by atoms with E-state index in [1.807, 2.05) is 6.92 Å². The minimum Gasteiger partial charge on any atom is -0.294 e. The van der Waals surface area contributed by atoms with Gasteiger partial charge >= 0.3 is 6.18 Å². The van der Waals surface area contributed by atoms with Crippen LogP contribution in [0.3, 0.4) is 0 Å². The van der Waals surface area contributed by atoms with Gasteiger partial charge in [0.1, 0.15) is 0 Å². The Morgan fingerprint density at radius 3 is 2.48 bits per heavy atom. The molecule has 1 aromatic carbocycles. The molecular weight excluding hydrogens is 345 g/mol. The van der Waals surface area contributed by atoms with Crippen LogP contribution in [0.15, 0.2) is 22.7 Å². The van der Waals surface area contributed by atoms with Crippen LogP contribution in [0.4, 0.5) is 13.2 Å². The van der Waals surface area contributed by atoms with Gasteiger partial charge in [0, 0.05) is 16.5 Å². The molecule has 0 aliphatic rings. The number of ketones is 1. The van der Waals surface area contributed by atoms with Crippen molar-refractivity contribution >= 4 is 21.7 Å². The van der Waals surface area contributed by atoms with Gasteiger partial charge in [0.05, 0.1) is 5.56 Å². The van der Waals surface area contributed by atoms with Crippen LogP contribution >= 0.6 is 15.9 Å². The summed E-state index contributed by atoms with van der Waals surface area (Å²) in [4.78, 5) is 12.2. The minimum absolute atomic E-state index is 0.155. The van der Waals surface area contributed by atoms with Crippen molar-refractivity contribution in [1.82, 2.24) is 0 Å². The fourth-order valence-corrected chi connectivity index (χ4v) is 2.67. The number of rotatable bonds is 7. The van der Waals surface area contributed by atoms with Crippen molar-refractivity contribution in [3.8, 4) is 0 Å². The predicted molar refractivity (Wildman–Crippen MR) is 81.4 cm³/mol. The first-order valence-corrected chi connectivity index (χ1v) is 7.98. The second-order valence-corrected chi connectivity index (χ2v) is 6.15. The van der Waals surface area contributed by atoms with E-state index in [9.17, 15) is 18.0 Å². The SMILES string of the molecule is CCCCC(CC)CC(=O)c1ccc(Br)cc1C(F)(F)F. The smallest absolute Gasteiger partial charge is 0.294 e. The number of hydrogen-bond acceptors (Lipinski definition) is 1. The van der Waals surface area contributed by atoms with Crippen LogP contribution in [0, 0.1) is 5.92 Å². The zero-order valence-corrected chi connectivity index (χ0v) is 13.9. The van der Waals surface area contributed by atoms with Gasteiger partial charge in [0.15, 0.2) is 5.78 Å². The van der Waals surface area contributed by atoms with Gasteiger partial charge in [-0.2, -0.15) is 13.2 Å². The van der Waals surface area contributed by atoms with Crippen LogP contribution in [-0.4, -0.2) is 5.78 Å². The first-order valence-electron chi connectivity index (χ1n) is 7.19. The molecule has 0 N–H and O–H groups in total. The topological polar surface area (TPSA) is 17.1 Å². The van der Waals surface area contributed by atoms with E-state index in [0.29, 0.717) is 4.47 Å². The first-order chi connectivity index (χ1) is 9.79. The molecule has 118 valence electrons. The van der Waals surface area contributed by atoms with Crippen LogP contribution in [0.2, 0.25) is 0 Å². The molecule has 0 fully saturated rings. The van der Waals surface area contributed by atoms with Crippen molar-refractivity contribution in [3.05, 3.63) is 33.8 Å². The molecular formula is C16H20BrF3O. The molecule has 0 bridgehead atoms. The van der Waals surface area contributed by atoms with Gasteiger partial charge < -0.3 is 0 Å². The number of carbonyl (C=O) groups is 1. The van der Waals surface area contributed by atoms with E-state index in [1.165, 1.54) is 12.1 Å². The zero-order valence-electron chi connectivity index (χ0n) is 12.3. The lowest BCUT2D eigenvalue weighted by atomic mass is 9.90. The molecule has 0 aliphatic carbocycles. The van der Waals surface area contributed by atoms with Crippen LogP contribution in [-0.2, 0) is 6.18 Å². The van der Waals surface area contributed by atoms with Crippen molar-refractivity contribution in [2.45, 2.75) is 52.1 Å². The van der Waals surface area contributed by atoms with E-state index in [4.69, 9.17) is 0 Å². The lowest BCUT2D eigenvalue weighted by Crippen LogP contribution is -2.15. The third kappa shape index (κ3) is 5.46. The molecule has 1 rings (SSSR count). The average molecular weight is 365 g/mol. The Morgan fingerprint density at radius 1 is 1.29 bits per heavy atom. The zero-order chi connectivity index (χ0) is 16.0. The summed E-state index contributed by atoms with van der Waals surface area (Å²) in [6.07, 6.45) is -0.615. The maximum absolute atomic E-state index is 13.0. The monoisotopic (exact) mass is 364 g/mol. The second kappa shape index (κ2) is 7.97. The van der Waals surface area contributed by atoms with E-state index in [-0.39, 0.29) is 17.9 Å². The van der Waals surface area contributed by atoms with Crippen molar-refractivity contribution in [3.63, 3.8) is 0 Å². The fourth-order valence-electron chi connectivity index (χ4n) is 2.31. The average Bonchev–Trinajstić information content (AvgIpc) is 2.42. The van der Waals surface area contributed by atoms with E-state index in [1.54, 1.807) is 0 Å². The van der Waals surface area contributed by atoms with Crippen LogP contribution in [0.5, 0.6) is 0 Å². The highest BCUT2D eigenvalue weighted by Crippen LogP contribution is 2.35. The van der Waals surface area contributed by atoms with Crippen LogP contribution < -0.4 is 0 Å². The molecule has 1 unspecified atom stereocenters. The fraction of sp³-hybridized carbons (Fsp3) is 0.562. The lowest BCUT2D eigenvalue weighted by molar-refractivity contribution is -0.138. The van der Waals surface area contributed by atoms with Gasteiger partial charge in [0.2, 0.25) is 0 Å². The van der Waals surface area contributed by atoms with E-state index in [2.05, 4.69) is 22.9 Å². The normalized spacial score (nSPS) is 13.2. The number of alkyl halides is 3. The number of benzene rings is 1. The molecule has 0 heterocycles. The molecule has 0 saturated carbocycles. The Kier molecular flexibility index (Phi) is 6.91. The van der Waals surface area contributed by atoms with Gasteiger partial charge in [-0.1, -0.05) is 55.5 Å².